The van der Waals surface area contributed by atoms with Crippen molar-refractivity contribution in [2.45, 2.75) is 156 Å². The first kappa shape index (κ1) is 31.2. The summed E-state index contributed by atoms with van der Waals surface area (Å²) < 4.78 is 0. The third-order valence-electron chi connectivity index (χ3n) is 7.83. The normalized spacial score (nSPS) is 13.5. The maximum absolute atomic E-state index is 13.4. The second-order valence-corrected chi connectivity index (χ2v) is 11.7. The molecule has 0 saturated carbocycles. The zero-order chi connectivity index (χ0) is 25.3. The minimum atomic E-state index is 0.0473. The van der Waals surface area contributed by atoms with Gasteiger partial charge in [-0.05, 0) is 0 Å². The molecule has 0 aliphatic carbocycles. The second-order valence-electron chi connectivity index (χ2n) is 11.7. The molecule has 1 unspecified atom stereocenters. The van der Waals surface area contributed by atoms with E-state index in [0.717, 1.165) is 19.3 Å². The van der Waals surface area contributed by atoms with E-state index in [1.807, 2.05) is 0 Å². The number of carbonyl (C=O) groups excluding carboxylic acids is 1. The van der Waals surface area contributed by atoms with Gasteiger partial charge in [-0.3, -0.25) is 0 Å². The quantitative estimate of drug-likeness (QED) is 0.131. The molecule has 1 nitrogen and oxygen atoms in total. The van der Waals surface area contributed by atoms with Crippen LogP contribution in [-0.4, -0.2) is 19.9 Å². The predicted molar refractivity (Wildman–Crippen MR) is 154 cm³/mol. The van der Waals surface area contributed by atoms with Crippen molar-refractivity contribution in [3.8, 4) is 0 Å². The van der Waals surface area contributed by atoms with E-state index in [1.54, 1.807) is 0 Å². The van der Waals surface area contributed by atoms with Crippen LogP contribution in [0.3, 0.4) is 0 Å². The molecule has 191 valence electrons. The Bertz CT molecular complexity index is 663. The molecule has 0 bridgehead atoms. The molecule has 1 atom stereocenters. The molecular weight excluding hydrogens is 410 g/mol. The van der Waals surface area contributed by atoms with Crippen molar-refractivity contribution in [2.75, 3.05) is 0 Å². The standard InChI is InChI=1S/C31H55B2O/c1-7-11-15-17-23-31(6,22-16-12-8-2)33-29(34)25-27-19-18-24-32-28(27)26-30(5,20-13-9-3)21-14-10-4/h18-19,24H,7-17,20-23,25-26H2,1-6H3. The Morgan fingerprint density at radius 1 is 0.794 bits per heavy atom. The van der Waals surface area contributed by atoms with E-state index >= 15 is 0 Å². The summed E-state index contributed by atoms with van der Waals surface area (Å²) in [5.74, 6) is 2.16. The van der Waals surface area contributed by atoms with Crippen LogP contribution in [0, 0.1) is 5.41 Å². The Balaban J connectivity index is 2.90. The van der Waals surface area contributed by atoms with Gasteiger partial charge in [0, 0.05) is 0 Å². The zero-order valence-corrected chi connectivity index (χ0v) is 23.8. The average Bonchev–Trinajstić information content (AvgIpc) is 2.81. The van der Waals surface area contributed by atoms with Crippen molar-refractivity contribution in [1.82, 2.24) is 0 Å². The third kappa shape index (κ3) is 12.7. The van der Waals surface area contributed by atoms with Gasteiger partial charge < -0.3 is 0 Å². The average molecular weight is 465 g/mol. The number of rotatable bonds is 21. The van der Waals surface area contributed by atoms with E-state index in [1.165, 1.54) is 94.5 Å². The molecule has 0 aromatic carbocycles. The predicted octanol–water partition coefficient (Wildman–Crippen LogP) is 9.46. The van der Waals surface area contributed by atoms with Gasteiger partial charge in [0.2, 0.25) is 0 Å². The number of carbonyl (C=O) groups is 1. The molecule has 0 amide bonds. The first-order valence-corrected chi connectivity index (χ1v) is 14.8. The van der Waals surface area contributed by atoms with Crippen molar-refractivity contribution >= 4 is 19.9 Å². The molecular formula is C31H55B2O. The summed E-state index contributed by atoms with van der Waals surface area (Å²) in [7, 11) is 2.12. The van der Waals surface area contributed by atoms with Crippen LogP contribution in [-0.2, 0) is 17.6 Å². The van der Waals surface area contributed by atoms with Gasteiger partial charge in [-0.25, -0.2) is 0 Å². The van der Waals surface area contributed by atoms with Gasteiger partial charge in [-0.2, -0.15) is 0 Å². The SMILES string of the molecule is CCCCCCC(C)([B]C(=O)Cc1cccbc1CC(C)(CCCC)CCCC)CCCCC. The summed E-state index contributed by atoms with van der Waals surface area (Å²) in [5.41, 5.74) is 3.31. The van der Waals surface area contributed by atoms with Crippen LogP contribution in [0.5, 0.6) is 0 Å². The molecule has 1 rings (SSSR count). The summed E-state index contributed by atoms with van der Waals surface area (Å²) in [6.45, 7) is 16.2. The van der Waals surface area contributed by atoms with Crippen LogP contribution < -0.4 is 0 Å². The van der Waals surface area contributed by atoms with E-state index in [4.69, 9.17) is 0 Å². The van der Waals surface area contributed by atoms with Gasteiger partial charge in [0.1, 0.15) is 0 Å². The van der Waals surface area contributed by atoms with Gasteiger partial charge in [-0.1, -0.05) is 0 Å². The number of hydrogen-bond acceptors (Lipinski definition) is 1. The van der Waals surface area contributed by atoms with Crippen LogP contribution in [0.25, 0.3) is 0 Å². The Kier molecular flexibility index (Phi) is 16.1. The van der Waals surface area contributed by atoms with E-state index in [9.17, 15) is 4.79 Å². The van der Waals surface area contributed by atoms with Crippen LogP contribution in [0.2, 0.25) is 5.31 Å². The van der Waals surface area contributed by atoms with Crippen LogP contribution in [0.15, 0.2) is 18.1 Å². The van der Waals surface area contributed by atoms with Gasteiger partial charge in [0.05, 0.1) is 0 Å². The van der Waals surface area contributed by atoms with Crippen molar-refractivity contribution in [3.63, 3.8) is 0 Å². The molecule has 0 fully saturated rings. The van der Waals surface area contributed by atoms with E-state index in [-0.39, 0.29) is 5.31 Å². The summed E-state index contributed by atoms with van der Waals surface area (Å²) >= 11 is 0. The fraction of sp³-hybridized carbons (Fsp3) is 0.806. The molecule has 3 heteroatoms. The molecule has 0 saturated heterocycles. The molecule has 1 heterocycles. The molecule has 1 radical (unpaired) electrons. The Morgan fingerprint density at radius 3 is 1.94 bits per heavy atom. The van der Waals surface area contributed by atoms with Crippen molar-refractivity contribution in [3.05, 3.63) is 29.1 Å². The molecule has 0 N–H and O–H groups in total. The molecule has 1 aromatic heterocycles. The van der Waals surface area contributed by atoms with Crippen molar-refractivity contribution in [2.24, 2.45) is 5.41 Å². The number of unbranched alkanes of at least 4 members (excludes halogenated alkanes) is 7. The van der Waals surface area contributed by atoms with E-state index in [0.29, 0.717) is 17.5 Å². The fourth-order valence-corrected chi connectivity index (χ4v) is 5.50. The third-order valence-corrected chi connectivity index (χ3v) is 7.83. The Labute approximate surface area is 215 Å². The van der Waals surface area contributed by atoms with Gasteiger partial charge in [-0.15, -0.1) is 0 Å². The first-order chi connectivity index (χ1) is 16.3. The van der Waals surface area contributed by atoms with E-state index < -0.39 is 0 Å². The van der Waals surface area contributed by atoms with Crippen LogP contribution in [0.1, 0.15) is 149 Å². The molecule has 0 aliphatic rings. The molecule has 0 aliphatic heterocycles. The summed E-state index contributed by atoms with van der Waals surface area (Å²) in [6, 6.07) is 4.32. The summed E-state index contributed by atoms with van der Waals surface area (Å²) in [4.78, 5) is 13.4. The molecule has 34 heavy (non-hydrogen) atoms. The fourth-order valence-electron chi connectivity index (χ4n) is 5.50. The maximum atomic E-state index is 13.4. The van der Waals surface area contributed by atoms with Crippen molar-refractivity contribution < 1.29 is 4.79 Å². The summed E-state index contributed by atoms with van der Waals surface area (Å²) in [6.07, 6.45) is 20.5. The van der Waals surface area contributed by atoms with Gasteiger partial charge >= 0.3 is 215 Å². The summed E-state index contributed by atoms with van der Waals surface area (Å²) in [5, 5.41) is 0.0473. The van der Waals surface area contributed by atoms with Gasteiger partial charge in [0.25, 0.3) is 0 Å². The minimum absolute atomic E-state index is 0.0473. The van der Waals surface area contributed by atoms with Crippen LogP contribution >= 0.6 is 0 Å². The molecule has 0 spiro atoms. The topological polar surface area (TPSA) is 17.1 Å². The zero-order valence-electron chi connectivity index (χ0n) is 23.8. The Hall–Kier alpha value is -0.850. The van der Waals surface area contributed by atoms with Crippen molar-refractivity contribution in [1.29, 1.82) is 0 Å². The second kappa shape index (κ2) is 17.6. The van der Waals surface area contributed by atoms with E-state index in [2.05, 4.69) is 73.8 Å². The number of hydrogen-bond donors (Lipinski definition) is 0. The first-order valence-electron chi connectivity index (χ1n) is 14.8. The van der Waals surface area contributed by atoms with Crippen LogP contribution in [0.4, 0.5) is 0 Å². The van der Waals surface area contributed by atoms with Gasteiger partial charge in [0.15, 0.2) is 0 Å². The Morgan fingerprint density at radius 2 is 1.35 bits per heavy atom. The molecule has 1 aromatic rings. The monoisotopic (exact) mass is 465 g/mol.